The predicted molar refractivity (Wildman–Crippen MR) is 92.0 cm³/mol. The summed E-state index contributed by atoms with van der Waals surface area (Å²) < 4.78 is 5.35. The number of nitriles is 1. The fraction of sp³-hybridized carbons (Fsp3) is 0.111. The Hall–Kier alpha value is -2.77. The molecule has 0 amide bonds. The Morgan fingerprint density at radius 1 is 1.39 bits per heavy atom. The van der Waals surface area contributed by atoms with Gasteiger partial charge in [-0.3, -0.25) is 4.99 Å². The van der Waals surface area contributed by atoms with Gasteiger partial charge in [0, 0.05) is 23.5 Å². The maximum Gasteiger partial charge on any atom is 0.153 e. The molecule has 2 rings (SSSR count). The fourth-order valence-electron chi connectivity index (χ4n) is 2.03. The molecule has 0 aliphatic carbocycles. The molecule has 0 unspecified atom stereocenters. The van der Waals surface area contributed by atoms with Crippen molar-refractivity contribution in [3.05, 3.63) is 83.1 Å². The summed E-state index contributed by atoms with van der Waals surface area (Å²) in [5, 5.41) is 13.4. The fourth-order valence-corrected chi connectivity index (χ4v) is 2.23. The smallest absolute Gasteiger partial charge is 0.153 e. The molecule has 1 heterocycles. The van der Waals surface area contributed by atoms with Gasteiger partial charge in [0.25, 0.3) is 0 Å². The molecule has 2 aromatic rings. The summed E-state index contributed by atoms with van der Waals surface area (Å²) in [6.07, 6.45) is 2.92. The Morgan fingerprint density at radius 3 is 2.78 bits per heavy atom. The van der Waals surface area contributed by atoms with Crippen molar-refractivity contribution in [2.75, 3.05) is 0 Å². The van der Waals surface area contributed by atoms with Gasteiger partial charge in [0.15, 0.2) is 5.76 Å². The van der Waals surface area contributed by atoms with Crippen LogP contribution in [0.5, 0.6) is 0 Å². The molecular formula is C18H16ClN3O. The Balaban J connectivity index is 2.28. The SMILES string of the molecule is C=CN=C(/C(C#N)=C(\C)NCc1ccccc1Cl)c1ccco1. The molecule has 1 N–H and O–H groups in total. The van der Waals surface area contributed by atoms with Crippen LogP contribution in [0, 0.1) is 11.3 Å². The number of hydrogen-bond acceptors (Lipinski definition) is 4. The van der Waals surface area contributed by atoms with Gasteiger partial charge in [0.1, 0.15) is 17.4 Å². The summed E-state index contributed by atoms with van der Waals surface area (Å²) in [7, 11) is 0. The predicted octanol–water partition coefficient (Wildman–Crippen LogP) is 4.45. The van der Waals surface area contributed by atoms with E-state index >= 15 is 0 Å². The lowest BCUT2D eigenvalue weighted by molar-refractivity contribution is 0.558. The van der Waals surface area contributed by atoms with Gasteiger partial charge in [-0.25, -0.2) is 0 Å². The molecule has 23 heavy (non-hydrogen) atoms. The maximum atomic E-state index is 9.51. The van der Waals surface area contributed by atoms with Crippen LogP contribution in [0.2, 0.25) is 5.02 Å². The van der Waals surface area contributed by atoms with Gasteiger partial charge in [-0.05, 0) is 30.7 Å². The van der Waals surface area contributed by atoms with Crippen LogP contribution in [0.1, 0.15) is 18.2 Å². The number of halogens is 1. The number of nitrogens with zero attached hydrogens (tertiary/aromatic N) is 2. The van der Waals surface area contributed by atoms with Gasteiger partial charge in [0.05, 0.1) is 6.26 Å². The highest BCUT2D eigenvalue weighted by Crippen LogP contribution is 2.17. The number of nitrogens with one attached hydrogen (secondary N) is 1. The van der Waals surface area contributed by atoms with E-state index in [1.807, 2.05) is 31.2 Å². The lowest BCUT2D eigenvalue weighted by Crippen LogP contribution is -2.16. The molecule has 0 bridgehead atoms. The van der Waals surface area contributed by atoms with Crippen molar-refractivity contribution in [3.8, 4) is 6.07 Å². The van der Waals surface area contributed by atoms with Gasteiger partial charge in [-0.1, -0.05) is 36.4 Å². The van der Waals surface area contributed by atoms with E-state index in [9.17, 15) is 5.26 Å². The van der Waals surface area contributed by atoms with Crippen LogP contribution in [0.15, 0.2) is 76.1 Å². The van der Waals surface area contributed by atoms with Crippen molar-refractivity contribution in [1.29, 1.82) is 5.26 Å². The number of allylic oxidation sites excluding steroid dienone is 2. The molecule has 0 spiro atoms. The molecule has 0 fully saturated rings. The van der Waals surface area contributed by atoms with Crippen LogP contribution in [-0.2, 0) is 6.54 Å². The minimum absolute atomic E-state index is 0.395. The number of furan rings is 1. The van der Waals surface area contributed by atoms with Gasteiger partial charge in [-0.2, -0.15) is 5.26 Å². The molecule has 0 aliphatic rings. The number of benzene rings is 1. The third kappa shape index (κ3) is 4.12. The third-order valence-corrected chi connectivity index (χ3v) is 3.57. The second-order valence-corrected chi connectivity index (χ2v) is 5.10. The van der Waals surface area contributed by atoms with Gasteiger partial charge < -0.3 is 9.73 Å². The summed E-state index contributed by atoms with van der Waals surface area (Å²) in [5.74, 6) is 0.514. The zero-order valence-electron chi connectivity index (χ0n) is 12.7. The molecule has 1 aromatic carbocycles. The minimum Gasteiger partial charge on any atom is -0.463 e. The molecule has 1 aromatic heterocycles. The zero-order chi connectivity index (χ0) is 16.7. The Morgan fingerprint density at radius 2 is 2.17 bits per heavy atom. The molecule has 0 atom stereocenters. The summed E-state index contributed by atoms with van der Waals surface area (Å²) in [6, 6.07) is 13.2. The molecule has 0 aliphatic heterocycles. The summed E-state index contributed by atoms with van der Waals surface area (Å²) >= 11 is 6.14. The average Bonchev–Trinajstić information content (AvgIpc) is 3.08. The topological polar surface area (TPSA) is 61.3 Å². The summed E-state index contributed by atoms with van der Waals surface area (Å²) in [4.78, 5) is 4.17. The van der Waals surface area contributed by atoms with Gasteiger partial charge in [-0.15, -0.1) is 0 Å². The van der Waals surface area contributed by atoms with Crippen LogP contribution in [0.3, 0.4) is 0 Å². The highest BCUT2D eigenvalue weighted by atomic mass is 35.5. The van der Waals surface area contributed by atoms with E-state index in [1.54, 1.807) is 12.1 Å². The van der Waals surface area contributed by atoms with E-state index in [2.05, 4.69) is 23.0 Å². The van der Waals surface area contributed by atoms with E-state index in [-0.39, 0.29) is 0 Å². The monoisotopic (exact) mass is 325 g/mol. The first-order chi connectivity index (χ1) is 11.2. The van der Waals surface area contributed by atoms with Crippen molar-refractivity contribution < 1.29 is 4.42 Å². The van der Waals surface area contributed by atoms with Crippen LogP contribution < -0.4 is 5.32 Å². The molecule has 0 saturated carbocycles. The number of rotatable bonds is 6. The third-order valence-electron chi connectivity index (χ3n) is 3.20. The number of hydrogen-bond donors (Lipinski definition) is 1. The maximum absolute atomic E-state index is 9.51. The van der Waals surface area contributed by atoms with Crippen molar-refractivity contribution in [2.24, 2.45) is 4.99 Å². The van der Waals surface area contributed by atoms with E-state index in [4.69, 9.17) is 16.0 Å². The summed E-state index contributed by atoms with van der Waals surface area (Å²) in [6.45, 7) is 5.92. The Labute approximate surface area is 140 Å². The van der Waals surface area contributed by atoms with Gasteiger partial charge in [0.2, 0.25) is 0 Å². The van der Waals surface area contributed by atoms with Crippen molar-refractivity contribution >= 4 is 17.3 Å². The molecular weight excluding hydrogens is 310 g/mol. The minimum atomic E-state index is 0.395. The van der Waals surface area contributed by atoms with Crippen molar-refractivity contribution in [1.82, 2.24) is 5.32 Å². The van der Waals surface area contributed by atoms with E-state index < -0.39 is 0 Å². The van der Waals surface area contributed by atoms with E-state index in [1.165, 1.54) is 12.5 Å². The van der Waals surface area contributed by atoms with Crippen LogP contribution in [-0.4, -0.2) is 5.71 Å². The average molecular weight is 326 g/mol. The molecule has 0 saturated heterocycles. The van der Waals surface area contributed by atoms with Crippen LogP contribution in [0.25, 0.3) is 0 Å². The standard InChI is InChI=1S/C18H16ClN3O/c1-3-21-18(17-9-6-10-23-17)15(11-20)13(2)22-12-14-7-4-5-8-16(14)19/h3-10,22H,1,12H2,2H3/b15-13+,21-18?. The highest BCUT2D eigenvalue weighted by molar-refractivity contribution is 6.31. The zero-order valence-corrected chi connectivity index (χ0v) is 13.5. The molecule has 116 valence electrons. The normalized spacial score (nSPS) is 12.3. The second-order valence-electron chi connectivity index (χ2n) is 4.69. The number of aliphatic imine (C=N–C) groups is 1. The Bertz CT molecular complexity index is 783. The van der Waals surface area contributed by atoms with Gasteiger partial charge >= 0.3 is 0 Å². The first-order valence-electron chi connectivity index (χ1n) is 6.98. The first kappa shape index (κ1) is 16.6. The van der Waals surface area contributed by atoms with Crippen LogP contribution >= 0.6 is 11.6 Å². The lowest BCUT2D eigenvalue weighted by atomic mass is 10.1. The largest absolute Gasteiger partial charge is 0.463 e. The van der Waals surface area contributed by atoms with Crippen molar-refractivity contribution in [2.45, 2.75) is 13.5 Å². The molecule has 0 radical (unpaired) electrons. The van der Waals surface area contributed by atoms with E-state index in [0.29, 0.717) is 34.3 Å². The first-order valence-corrected chi connectivity index (χ1v) is 7.36. The quantitative estimate of drug-likeness (QED) is 0.630. The molecule has 4 nitrogen and oxygen atoms in total. The lowest BCUT2D eigenvalue weighted by Gasteiger charge is -2.11. The van der Waals surface area contributed by atoms with E-state index in [0.717, 1.165) is 5.56 Å². The Kier molecular flexibility index (Phi) is 5.79. The van der Waals surface area contributed by atoms with Crippen LogP contribution in [0.4, 0.5) is 0 Å². The highest BCUT2D eigenvalue weighted by Gasteiger charge is 2.15. The second kappa shape index (κ2) is 8.02. The van der Waals surface area contributed by atoms with Crippen molar-refractivity contribution in [3.63, 3.8) is 0 Å². The molecule has 5 heteroatoms. The summed E-state index contributed by atoms with van der Waals surface area (Å²) in [5.41, 5.74) is 2.47.